The molecule has 11 heteroatoms. The number of carbonyl (C=O) groups excluding carboxylic acids is 4. The van der Waals surface area contributed by atoms with Gasteiger partial charge in [0.1, 0.15) is 5.57 Å². The largest absolute Gasteiger partial charge is 0.493 e. The summed E-state index contributed by atoms with van der Waals surface area (Å²) in [7, 11) is 1.43. The van der Waals surface area contributed by atoms with E-state index in [1.54, 1.807) is 37.3 Å². The van der Waals surface area contributed by atoms with Gasteiger partial charge in [-0.3, -0.25) is 19.7 Å². The summed E-state index contributed by atoms with van der Waals surface area (Å²) in [6.45, 7) is 3.45. The number of anilines is 2. The Morgan fingerprint density at radius 2 is 1.87 bits per heavy atom. The van der Waals surface area contributed by atoms with Crippen LogP contribution < -0.4 is 25.0 Å². The van der Waals surface area contributed by atoms with E-state index in [1.165, 1.54) is 19.3 Å². The second kappa shape index (κ2) is 11.9. The minimum atomic E-state index is -0.873. The van der Waals surface area contributed by atoms with Crippen LogP contribution in [0.2, 0.25) is 5.02 Å². The number of aryl methyl sites for hydroxylation is 2. The van der Waals surface area contributed by atoms with Gasteiger partial charge in [-0.2, -0.15) is 0 Å². The van der Waals surface area contributed by atoms with Gasteiger partial charge in [0.25, 0.3) is 17.7 Å². The number of amides is 5. The van der Waals surface area contributed by atoms with Gasteiger partial charge in [0.15, 0.2) is 18.1 Å². The molecule has 4 rings (SSSR count). The molecule has 3 aromatic carbocycles. The lowest BCUT2D eigenvalue weighted by Crippen LogP contribution is -2.54. The van der Waals surface area contributed by atoms with E-state index in [9.17, 15) is 19.2 Å². The maximum Gasteiger partial charge on any atom is 0.335 e. The average Bonchev–Trinajstić information content (AvgIpc) is 2.87. The van der Waals surface area contributed by atoms with E-state index >= 15 is 0 Å². The number of halogens is 2. The molecule has 1 aliphatic heterocycles. The zero-order chi connectivity index (χ0) is 28.3. The third-order valence-corrected chi connectivity index (χ3v) is 6.94. The normalized spacial score (nSPS) is 14.3. The van der Waals surface area contributed by atoms with Crippen molar-refractivity contribution in [2.24, 2.45) is 0 Å². The zero-order valence-electron chi connectivity index (χ0n) is 21.1. The Hall–Kier alpha value is -3.90. The highest BCUT2D eigenvalue weighted by atomic mass is 127. The number of rotatable bonds is 7. The number of benzene rings is 3. The molecule has 1 fully saturated rings. The van der Waals surface area contributed by atoms with Gasteiger partial charge >= 0.3 is 6.03 Å². The first-order valence-corrected chi connectivity index (χ1v) is 13.1. The summed E-state index contributed by atoms with van der Waals surface area (Å²) in [4.78, 5) is 51.6. The first-order valence-electron chi connectivity index (χ1n) is 11.6. The Morgan fingerprint density at radius 3 is 2.56 bits per heavy atom. The lowest BCUT2D eigenvalue weighted by Gasteiger charge is -2.26. The second-order valence-corrected chi connectivity index (χ2v) is 10.2. The fraction of sp³-hybridized carbons (Fsp3) is 0.143. The van der Waals surface area contributed by atoms with Crippen molar-refractivity contribution in [3.8, 4) is 11.5 Å². The number of barbiturate groups is 1. The van der Waals surface area contributed by atoms with Crippen LogP contribution in [0.3, 0.4) is 0 Å². The lowest BCUT2D eigenvalue weighted by molar-refractivity contribution is -0.122. The average molecular weight is 660 g/mol. The van der Waals surface area contributed by atoms with Gasteiger partial charge in [-0.25, -0.2) is 9.69 Å². The predicted molar refractivity (Wildman–Crippen MR) is 156 cm³/mol. The van der Waals surface area contributed by atoms with E-state index in [4.69, 9.17) is 21.1 Å². The first-order chi connectivity index (χ1) is 18.6. The number of nitrogens with zero attached hydrogens (tertiary/aromatic N) is 1. The molecule has 9 nitrogen and oxygen atoms in total. The SMILES string of the molecule is COc1cc(/C=C2\C(=O)NC(=O)N(c3ccc(C)c(Cl)c3)C2=O)cc(I)c1OCC(=O)Nc1cccc(C)c1. The van der Waals surface area contributed by atoms with E-state index in [-0.39, 0.29) is 23.8 Å². The van der Waals surface area contributed by atoms with Crippen molar-refractivity contribution in [2.75, 3.05) is 23.9 Å². The van der Waals surface area contributed by atoms with E-state index in [0.29, 0.717) is 31.3 Å². The van der Waals surface area contributed by atoms with Crippen molar-refractivity contribution in [2.45, 2.75) is 13.8 Å². The Morgan fingerprint density at radius 1 is 1.10 bits per heavy atom. The standard InChI is InChI=1S/C28H23ClIN3O6/c1-15-5-4-6-18(9-15)31-24(34)14-39-25-22(30)11-17(12-23(25)38-3)10-20-26(35)32-28(37)33(27(20)36)19-8-7-16(2)21(29)13-19/h4-13H,14H2,1-3H3,(H,31,34)(H,32,35,37)/b20-10+. The number of imide groups is 2. The van der Waals surface area contributed by atoms with Crippen molar-refractivity contribution in [3.63, 3.8) is 0 Å². The number of urea groups is 1. The molecule has 0 radical (unpaired) electrons. The van der Waals surface area contributed by atoms with E-state index < -0.39 is 17.8 Å². The van der Waals surface area contributed by atoms with Crippen LogP contribution in [-0.2, 0) is 14.4 Å². The highest BCUT2D eigenvalue weighted by Crippen LogP contribution is 2.35. The van der Waals surface area contributed by atoms with Gasteiger partial charge < -0.3 is 14.8 Å². The zero-order valence-corrected chi connectivity index (χ0v) is 24.0. The van der Waals surface area contributed by atoms with Crippen molar-refractivity contribution in [1.29, 1.82) is 0 Å². The minimum Gasteiger partial charge on any atom is -0.493 e. The van der Waals surface area contributed by atoms with Gasteiger partial charge in [0.2, 0.25) is 0 Å². The number of carbonyl (C=O) groups is 4. The molecule has 39 heavy (non-hydrogen) atoms. The van der Waals surface area contributed by atoms with Crippen LogP contribution in [0.15, 0.2) is 60.2 Å². The molecule has 1 saturated heterocycles. The van der Waals surface area contributed by atoms with Gasteiger partial charge in [0, 0.05) is 10.7 Å². The van der Waals surface area contributed by atoms with E-state index in [1.807, 2.05) is 47.7 Å². The molecule has 0 bridgehead atoms. The summed E-state index contributed by atoms with van der Waals surface area (Å²) in [6.07, 6.45) is 1.35. The van der Waals surface area contributed by atoms with Crippen LogP contribution in [0.1, 0.15) is 16.7 Å². The minimum absolute atomic E-state index is 0.228. The monoisotopic (exact) mass is 659 g/mol. The molecule has 200 valence electrons. The molecule has 3 aromatic rings. The van der Waals surface area contributed by atoms with Gasteiger partial charge in [-0.15, -0.1) is 0 Å². The van der Waals surface area contributed by atoms with Crippen LogP contribution in [0.5, 0.6) is 11.5 Å². The number of nitrogens with one attached hydrogen (secondary N) is 2. The Labute approximate surface area is 243 Å². The topological polar surface area (TPSA) is 114 Å². The number of hydrogen-bond donors (Lipinski definition) is 2. The highest BCUT2D eigenvalue weighted by molar-refractivity contribution is 14.1. The molecule has 0 aromatic heterocycles. The third-order valence-electron chi connectivity index (χ3n) is 5.73. The molecule has 0 unspecified atom stereocenters. The van der Waals surface area contributed by atoms with Crippen molar-refractivity contribution in [3.05, 3.63) is 85.5 Å². The summed E-state index contributed by atoms with van der Waals surface area (Å²) in [5, 5.41) is 5.33. The predicted octanol–water partition coefficient (Wildman–Crippen LogP) is 5.25. The molecule has 1 aliphatic rings. The van der Waals surface area contributed by atoms with Crippen LogP contribution in [-0.4, -0.2) is 37.5 Å². The van der Waals surface area contributed by atoms with Crippen LogP contribution in [0, 0.1) is 17.4 Å². The first kappa shape index (κ1) is 28.1. The molecule has 0 aliphatic carbocycles. The molecule has 2 N–H and O–H groups in total. The van der Waals surface area contributed by atoms with Gasteiger partial charge in [-0.05, 0) is 95.6 Å². The van der Waals surface area contributed by atoms with E-state index in [2.05, 4.69) is 10.6 Å². The fourth-order valence-corrected chi connectivity index (χ4v) is 4.76. The Kier molecular flexibility index (Phi) is 8.56. The summed E-state index contributed by atoms with van der Waals surface area (Å²) in [6, 6.07) is 14.5. The molecule has 5 amide bonds. The molecule has 1 heterocycles. The number of methoxy groups -OCH3 is 1. The fourth-order valence-electron chi connectivity index (χ4n) is 3.80. The summed E-state index contributed by atoms with van der Waals surface area (Å²) in [5.74, 6) is -1.37. The van der Waals surface area contributed by atoms with Crippen molar-refractivity contribution in [1.82, 2.24) is 5.32 Å². The molecule has 0 saturated carbocycles. The summed E-state index contributed by atoms with van der Waals surface area (Å²) >= 11 is 8.19. The van der Waals surface area contributed by atoms with Crippen molar-refractivity contribution >= 4 is 75.4 Å². The van der Waals surface area contributed by atoms with Gasteiger partial charge in [-0.1, -0.05) is 29.8 Å². The maximum absolute atomic E-state index is 13.2. The smallest absolute Gasteiger partial charge is 0.335 e. The number of hydrogen-bond acceptors (Lipinski definition) is 6. The van der Waals surface area contributed by atoms with Crippen molar-refractivity contribution < 1.29 is 28.7 Å². The van der Waals surface area contributed by atoms with Gasteiger partial charge in [0.05, 0.1) is 16.4 Å². The summed E-state index contributed by atoms with van der Waals surface area (Å²) < 4.78 is 11.8. The molecule has 0 atom stereocenters. The number of ether oxygens (including phenoxy) is 2. The lowest BCUT2D eigenvalue weighted by atomic mass is 10.1. The Balaban J connectivity index is 1.57. The summed E-state index contributed by atoms with van der Waals surface area (Å²) in [5.41, 5.74) is 2.86. The maximum atomic E-state index is 13.2. The molecular formula is C28H23ClIN3O6. The third kappa shape index (κ3) is 6.40. The quantitative estimate of drug-likeness (QED) is 0.204. The Bertz CT molecular complexity index is 1540. The molecular weight excluding hydrogens is 637 g/mol. The van der Waals surface area contributed by atoms with Crippen LogP contribution in [0.4, 0.5) is 16.2 Å². The van der Waals surface area contributed by atoms with Crippen LogP contribution >= 0.6 is 34.2 Å². The van der Waals surface area contributed by atoms with E-state index in [0.717, 1.165) is 16.0 Å². The molecule has 0 spiro atoms. The van der Waals surface area contributed by atoms with Crippen LogP contribution in [0.25, 0.3) is 6.08 Å². The highest BCUT2D eigenvalue weighted by Gasteiger charge is 2.37. The second-order valence-electron chi connectivity index (χ2n) is 8.63.